The van der Waals surface area contributed by atoms with E-state index in [1.807, 2.05) is 0 Å². The van der Waals surface area contributed by atoms with Gasteiger partial charge in [0.15, 0.2) is 5.11 Å². The van der Waals surface area contributed by atoms with Crippen molar-refractivity contribution in [2.75, 3.05) is 0 Å². The van der Waals surface area contributed by atoms with Crippen molar-refractivity contribution in [2.24, 2.45) is 0 Å². The van der Waals surface area contributed by atoms with E-state index in [1.165, 1.54) is 24.3 Å². The highest BCUT2D eigenvalue weighted by Crippen LogP contribution is 2.14. The van der Waals surface area contributed by atoms with E-state index in [1.54, 1.807) is 12.1 Å². The van der Waals surface area contributed by atoms with E-state index in [0.29, 0.717) is 6.54 Å². The number of benzene rings is 2. The summed E-state index contributed by atoms with van der Waals surface area (Å²) in [5.41, 5.74) is 5.37. The van der Waals surface area contributed by atoms with Crippen molar-refractivity contribution in [1.29, 1.82) is 0 Å². The zero-order chi connectivity index (χ0) is 16.8. The highest BCUT2D eigenvalue weighted by atomic mass is 35.5. The quantitative estimate of drug-likeness (QED) is 0.585. The van der Waals surface area contributed by atoms with Gasteiger partial charge in [-0.3, -0.25) is 15.6 Å². The van der Waals surface area contributed by atoms with Gasteiger partial charge >= 0.3 is 0 Å². The molecule has 0 atom stereocenters. The van der Waals surface area contributed by atoms with Gasteiger partial charge in [-0.1, -0.05) is 23.7 Å². The molecule has 2 rings (SSSR count). The molecule has 0 aromatic heterocycles. The molecule has 0 fully saturated rings. The molecule has 1 amide bonds. The van der Waals surface area contributed by atoms with Gasteiger partial charge in [-0.25, -0.2) is 8.78 Å². The second kappa shape index (κ2) is 7.85. The van der Waals surface area contributed by atoms with Gasteiger partial charge in [0.05, 0.1) is 5.56 Å². The summed E-state index contributed by atoms with van der Waals surface area (Å²) in [6, 6.07) is 9.59. The number of nitrogens with one attached hydrogen (secondary N) is 3. The minimum Gasteiger partial charge on any atom is -0.357 e. The summed E-state index contributed by atoms with van der Waals surface area (Å²) in [7, 11) is 0. The second-order valence-electron chi connectivity index (χ2n) is 4.51. The molecule has 8 heteroatoms. The van der Waals surface area contributed by atoms with Gasteiger partial charge in [0.1, 0.15) is 11.6 Å². The third kappa shape index (κ3) is 5.15. The molecule has 0 heterocycles. The fourth-order valence-electron chi connectivity index (χ4n) is 1.68. The molecule has 120 valence electrons. The number of amides is 1. The van der Waals surface area contributed by atoms with Gasteiger partial charge in [-0.05, 0) is 48.1 Å². The van der Waals surface area contributed by atoms with Crippen LogP contribution < -0.4 is 16.2 Å². The Hall–Kier alpha value is -2.25. The number of thiocarbonyl (C=S) groups is 1. The maximum atomic E-state index is 13.6. The van der Waals surface area contributed by atoms with Crippen molar-refractivity contribution in [1.82, 2.24) is 16.2 Å². The van der Waals surface area contributed by atoms with Crippen LogP contribution in [-0.4, -0.2) is 11.0 Å². The zero-order valence-corrected chi connectivity index (χ0v) is 13.3. The monoisotopic (exact) mass is 355 g/mol. The molecule has 0 saturated carbocycles. The largest absolute Gasteiger partial charge is 0.357 e. The summed E-state index contributed by atoms with van der Waals surface area (Å²) < 4.78 is 26.3. The summed E-state index contributed by atoms with van der Waals surface area (Å²) in [6.45, 7) is 0.345. The van der Waals surface area contributed by atoms with E-state index >= 15 is 0 Å². The number of hydrogen-bond donors (Lipinski definition) is 3. The third-order valence-electron chi connectivity index (χ3n) is 2.83. The van der Waals surface area contributed by atoms with Gasteiger partial charge < -0.3 is 5.32 Å². The minimum absolute atomic E-state index is 0.136. The molecule has 3 N–H and O–H groups in total. The number of carbonyl (C=O) groups is 1. The van der Waals surface area contributed by atoms with Crippen LogP contribution in [-0.2, 0) is 6.54 Å². The average Bonchev–Trinajstić information content (AvgIpc) is 2.52. The molecule has 0 saturated heterocycles. The molecule has 0 aliphatic heterocycles. The molecule has 0 unspecified atom stereocenters. The van der Waals surface area contributed by atoms with Crippen LogP contribution in [0.2, 0.25) is 5.02 Å². The minimum atomic E-state index is -0.734. The van der Waals surface area contributed by atoms with E-state index in [-0.39, 0.29) is 21.5 Å². The van der Waals surface area contributed by atoms with Gasteiger partial charge in [0.25, 0.3) is 5.91 Å². The van der Waals surface area contributed by atoms with Crippen LogP contribution in [0.15, 0.2) is 42.5 Å². The van der Waals surface area contributed by atoms with Crippen molar-refractivity contribution >= 4 is 34.8 Å². The number of halogens is 3. The van der Waals surface area contributed by atoms with Crippen LogP contribution in [0.1, 0.15) is 15.9 Å². The van der Waals surface area contributed by atoms with Crippen molar-refractivity contribution in [3.63, 3.8) is 0 Å². The van der Waals surface area contributed by atoms with E-state index in [9.17, 15) is 13.6 Å². The third-order valence-corrected chi connectivity index (χ3v) is 3.31. The van der Waals surface area contributed by atoms with E-state index in [2.05, 4.69) is 16.2 Å². The molecule has 0 spiro atoms. The lowest BCUT2D eigenvalue weighted by Gasteiger charge is -2.12. The average molecular weight is 356 g/mol. The SMILES string of the molecule is O=C(NNC(=S)NCc1ccc(F)cc1)c1ccc(Cl)cc1F. The lowest BCUT2D eigenvalue weighted by Crippen LogP contribution is -2.46. The normalized spacial score (nSPS) is 10.0. The van der Waals surface area contributed by atoms with Crippen LogP contribution >= 0.6 is 23.8 Å². The summed E-state index contributed by atoms with van der Waals surface area (Å²) in [5, 5.41) is 3.15. The highest BCUT2D eigenvalue weighted by Gasteiger charge is 2.11. The topological polar surface area (TPSA) is 53.2 Å². The van der Waals surface area contributed by atoms with Crippen LogP contribution in [0, 0.1) is 11.6 Å². The predicted molar refractivity (Wildman–Crippen MR) is 87.8 cm³/mol. The molecule has 4 nitrogen and oxygen atoms in total. The molecular weight excluding hydrogens is 344 g/mol. The first-order chi connectivity index (χ1) is 11.0. The Balaban J connectivity index is 1.81. The lowest BCUT2D eigenvalue weighted by atomic mass is 10.2. The molecule has 0 radical (unpaired) electrons. The van der Waals surface area contributed by atoms with Crippen LogP contribution in [0.5, 0.6) is 0 Å². The van der Waals surface area contributed by atoms with Crippen LogP contribution in [0.3, 0.4) is 0 Å². The molecule has 23 heavy (non-hydrogen) atoms. The number of rotatable bonds is 3. The summed E-state index contributed by atoms with van der Waals surface area (Å²) in [6.07, 6.45) is 0. The Kier molecular flexibility index (Phi) is 5.84. The summed E-state index contributed by atoms with van der Waals surface area (Å²) >= 11 is 10.6. The molecule has 2 aromatic rings. The number of carbonyl (C=O) groups excluding carboxylic acids is 1. The summed E-state index contributed by atoms with van der Waals surface area (Å²) in [5.74, 6) is -1.75. The predicted octanol–water partition coefficient (Wildman–Crippen LogP) is 2.93. The molecule has 0 aliphatic carbocycles. The number of hydrazine groups is 1. The van der Waals surface area contributed by atoms with Crippen molar-refractivity contribution in [3.8, 4) is 0 Å². The first kappa shape index (κ1) is 17.1. The van der Waals surface area contributed by atoms with Crippen LogP contribution in [0.4, 0.5) is 8.78 Å². The molecule has 0 bridgehead atoms. The Morgan fingerprint density at radius 2 is 1.78 bits per heavy atom. The standard InChI is InChI=1S/C15H12ClF2N3OS/c16-10-3-6-12(13(18)7-10)14(22)20-21-15(23)19-8-9-1-4-11(17)5-2-9/h1-7H,8H2,(H,20,22)(H2,19,21,23). The van der Waals surface area contributed by atoms with Crippen molar-refractivity contribution in [2.45, 2.75) is 6.54 Å². The van der Waals surface area contributed by atoms with E-state index in [4.69, 9.17) is 23.8 Å². The Bertz CT molecular complexity index is 725. The highest BCUT2D eigenvalue weighted by molar-refractivity contribution is 7.80. The fraction of sp³-hybridized carbons (Fsp3) is 0.0667. The molecule has 2 aromatic carbocycles. The smallest absolute Gasteiger partial charge is 0.272 e. The molecular formula is C15H12ClF2N3OS. The maximum absolute atomic E-state index is 13.6. The Labute approximate surface area is 141 Å². The van der Waals surface area contributed by atoms with Crippen molar-refractivity contribution < 1.29 is 13.6 Å². The second-order valence-corrected chi connectivity index (χ2v) is 5.36. The van der Waals surface area contributed by atoms with Crippen LogP contribution in [0.25, 0.3) is 0 Å². The van der Waals surface area contributed by atoms with E-state index in [0.717, 1.165) is 11.6 Å². The van der Waals surface area contributed by atoms with Crippen molar-refractivity contribution in [3.05, 3.63) is 70.2 Å². The van der Waals surface area contributed by atoms with Gasteiger partial charge in [-0.2, -0.15) is 0 Å². The Morgan fingerprint density at radius 1 is 1.09 bits per heavy atom. The fourth-order valence-corrected chi connectivity index (χ4v) is 1.97. The first-order valence-corrected chi connectivity index (χ1v) is 7.28. The summed E-state index contributed by atoms with van der Waals surface area (Å²) in [4.78, 5) is 11.8. The molecule has 0 aliphatic rings. The lowest BCUT2D eigenvalue weighted by molar-refractivity contribution is 0.0939. The van der Waals surface area contributed by atoms with Gasteiger partial charge in [0.2, 0.25) is 0 Å². The maximum Gasteiger partial charge on any atom is 0.272 e. The number of hydrogen-bond acceptors (Lipinski definition) is 2. The zero-order valence-electron chi connectivity index (χ0n) is 11.7. The first-order valence-electron chi connectivity index (χ1n) is 6.49. The van der Waals surface area contributed by atoms with E-state index < -0.39 is 11.7 Å². The Morgan fingerprint density at radius 3 is 2.43 bits per heavy atom. The van der Waals surface area contributed by atoms with Gasteiger partial charge in [0, 0.05) is 11.6 Å². The van der Waals surface area contributed by atoms with Gasteiger partial charge in [-0.15, -0.1) is 0 Å².